The first-order valence-electron chi connectivity index (χ1n) is 20.2. The summed E-state index contributed by atoms with van der Waals surface area (Å²) in [5.74, 6) is 1.85. The monoisotopic (exact) mass is 782 g/mol. The quantitative estimate of drug-likeness (QED) is 0.169. The maximum absolute atomic E-state index is 5.37. The second kappa shape index (κ2) is 14.0. The van der Waals surface area contributed by atoms with Gasteiger partial charge in [-0.1, -0.05) is 170 Å². The summed E-state index contributed by atoms with van der Waals surface area (Å²) in [6.45, 7) is 0. The van der Waals surface area contributed by atoms with Crippen LogP contribution in [0.2, 0.25) is 0 Å². The number of hydrogen-bond acceptors (Lipinski definition) is 4. The van der Waals surface area contributed by atoms with Crippen LogP contribution >= 0.6 is 11.3 Å². The van der Waals surface area contributed by atoms with E-state index in [2.05, 4.69) is 193 Å². The van der Waals surface area contributed by atoms with Crippen LogP contribution in [0.3, 0.4) is 0 Å². The molecule has 0 saturated carbocycles. The van der Waals surface area contributed by atoms with Gasteiger partial charge in [-0.2, -0.15) is 0 Å². The van der Waals surface area contributed by atoms with Crippen molar-refractivity contribution in [3.63, 3.8) is 0 Å². The van der Waals surface area contributed by atoms with Crippen molar-refractivity contribution in [2.24, 2.45) is 0 Å². The summed E-state index contributed by atoms with van der Waals surface area (Å²) in [6.07, 6.45) is 0. The van der Waals surface area contributed by atoms with Gasteiger partial charge in [0.1, 0.15) is 0 Å². The van der Waals surface area contributed by atoms with E-state index < -0.39 is 0 Å². The molecule has 0 spiro atoms. The lowest BCUT2D eigenvalue weighted by Gasteiger charge is -2.17. The zero-order chi connectivity index (χ0) is 39.6. The first kappa shape index (κ1) is 34.3. The van der Waals surface area contributed by atoms with Crippen molar-refractivity contribution in [3.05, 3.63) is 206 Å². The highest BCUT2D eigenvalue weighted by atomic mass is 32.1. The molecule has 0 N–H and O–H groups in total. The summed E-state index contributed by atoms with van der Waals surface area (Å²) < 4.78 is 5.00. The Labute approximate surface area is 350 Å². The molecule has 0 fully saturated rings. The number of aromatic nitrogens is 4. The van der Waals surface area contributed by atoms with Gasteiger partial charge in [0, 0.05) is 53.0 Å². The van der Waals surface area contributed by atoms with Crippen molar-refractivity contribution in [1.29, 1.82) is 0 Å². The molecule has 0 aliphatic carbocycles. The van der Waals surface area contributed by atoms with Crippen molar-refractivity contribution in [1.82, 2.24) is 19.5 Å². The van der Waals surface area contributed by atoms with Crippen LogP contribution in [-0.4, -0.2) is 19.5 Å². The minimum atomic E-state index is 0.608. The molecule has 9 aromatic carbocycles. The lowest BCUT2D eigenvalue weighted by Crippen LogP contribution is -2.04. The molecule has 0 aliphatic rings. The standard InChI is InChI=1S/C55H34N4S/c1-3-14-35(15-4-1)39-28-31-47(49(33-39)59-48-24-11-9-22-43(48)46-30-26-36-16-7-8-21-42(36)52(46)59)55-57-53(37-17-5-2-6-18-37)56-54(58-55)41-20-13-19-38(32-41)40-27-29-45-44-23-10-12-25-50(44)60-51(45)34-40/h1-34H. The molecular formula is C55H34N4S. The number of hydrogen-bond donors (Lipinski definition) is 0. The molecule has 0 saturated heterocycles. The number of fused-ring (bicyclic) bond motifs is 8. The summed E-state index contributed by atoms with van der Waals surface area (Å²) in [5.41, 5.74) is 10.6. The fraction of sp³-hybridized carbons (Fsp3) is 0. The lowest BCUT2D eigenvalue weighted by molar-refractivity contribution is 1.06. The van der Waals surface area contributed by atoms with Crippen LogP contribution < -0.4 is 0 Å². The van der Waals surface area contributed by atoms with Gasteiger partial charge in [0.05, 0.1) is 16.7 Å². The Balaban J connectivity index is 1.10. The summed E-state index contributed by atoms with van der Waals surface area (Å²) in [7, 11) is 0. The van der Waals surface area contributed by atoms with E-state index in [0.29, 0.717) is 17.5 Å². The highest BCUT2D eigenvalue weighted by Gasteiger charge is 2.22. The van der Waals surface area contributed by atoms with E-state index in [4.69, 9.17) is 15.0 Å². The second-order valence-corrected chi connectivity index (χ2v) is 16.3. The van der Waals surface area contributed by atoms with Crippen LogP contribution in [0.4, 0.5) is 0 Å². The maximum atomic E-state index is 5.37. The highest BCUT2D eigenvalue weighted by molar-refractivity contribution is 7.25. The van der Waals surface area contributed by atoms with Gasteiger partial charge in [-0.05, 0) is 64.0 Å². The molecule has 3 heterocycles. The van der Waals surface area contributed by atoms with Crippen molar-refractivity contribution in [3.8, 4) is 62.1 Å². The first-order valence-corrected chi connectivity index (χ1v) is 21.0. The average molecular weight is 783 g/mol. The minimum absolute atomic E-state index is 0.608. The normalized spacial score (nSPS) is 11.7. The van der Waals surface area contributed by atoms with Crippen molar-refractivity contribution in [2.75, 3.05) is 0 Å². The van der Waals surface area contributed by atoms with Crippen LogP contribution in [0, 0.1) is 0 Å². The number of para-hydroxylation sites is 1. The van der Waals surface area contributed by atoms with Crippen LogP contribution in [0.5, 0.6) is 0 Å². The van der Waals surface area contributed by atoms with Gasteiger partial charge in [0.15, 0.2) is 17.5 Å². The molecule has 0 radical (unpaired) electrons. The fourth-order valence-corrected chi connectivity index (χ4v) is 9.93. The van der Waals surface area contributed by atoms with Crippen LogP contribution in [0.15, 0.2) is 206 Å². The van der Waals surface area contributed by atoms with E-state index >= 15 is 0 Å². The number of rotatable bonds is 6. The van der Waals surface area contributed by atoms with Gasteiger partial charge >= 0.3 is 0 Å². The molecule has 280 valence electrons. The zero-order valence-electron chi connectivity index (χ0n) is 32.3. The summed E-state index contributed by atoms with van der Waals surface area (Å²) >= 11 is 1.84. The van der Waals surface area contributed by atoms with E-state index in [9.17, 15) is 0 Å². The second-order valence-electron chi connectivity index (χ2n) is 15.2. The summed E-state index contributed by atoms with van der Waals surface area (Å²) in [6, 6.07) is 73.4. The predicted molar refractivity (Wildman–Crippen MR) is 252 cm³/mol. The highest BCUT2D eigenvalue weighted by Crippen LogP contribution is 2.41. The number of benzene rings is 9. The van der Waals surface area contributed by atoms with Crippen molar-refractivity contribution < 1.29 is 0 Å². The van der Waals surface area contributed by atoms with Crippen LogP contribution in [0.1, 0.15) is 0 Å². The molecule has 60 heavy (non-hydrogen) atoms. The van der Waals surface area contributed by atoms with Crippen LogP contribution in [-0.2, 0) is 0 Å². The molecule has 3 aromatic heterocycles. The largest absolute Gasteiger partial charge is 0.308 e. The molecule has 0 amide bonds. The molecule has 12 aromatic rings. The van der Waals surface area contributed by atoms with E-state index in [1.807, 2.05) is 29.5 Å². The molecule has 4 nitrogen and oxygen atoms in total. The number of thiophene rings is 1. The smallest absolute Gasteiger partial charge is 0.166 e. The Kier molecular flexibility index (Phi) is 8.00. The third kappa shape index (κ3) is 5.70. The van der Waals surface area contributed by atoms with Gasteiger partial charge < -0.3 is 4.57 Å². The molecular weight excluding hydrogens is 749 g/mol. The van der Waals surface area contributed by atoms with E-state index in [1.54, 1.807) is 0 Å². The molecule has 0 atom stereocenters. The Morgan fingerprint density at radius 2 is 0.917 bits per heavy atom. The Morgan fingerprint density at radius 1 is 0.333 bits per heavy atom. The van der Waals surface area contributed by atoms with Gasteiger partial charge in [0.2, 0.25) is 0 Å². The molecule has 0 aliphatic heterocycles. The first-order chi connectivity index (χ1) is 29.7. The Hall–Kier alpha value is -7.73. The Bertz CT molecular complexity index is 3610. The third-order valence-electron chi connectivity index (χ3n) is 11.6. The molecule has 5 heteroatoms. The van der Waals surface area contributed by atoms with Crippen molar-refractivity contribution >= 4 is 64.1 Å². The lowest BCUT2D eigenvalue weighted by atomic mass is 10.0. The van der Waals surface area contributed by atoms with Crippen molar-refractivity contribution in [2.45, 2.75) is 0 Å². The molecule has 0 unspecified atom stereocenters. The molecule has 12 rings (SSSR count). The third-order valence-corrected chi connectivity index (χ3v) is 12.8. The van der Waals surface area contributed by atoms with Crippen LogP contribution in [0.25, 0.3) is 115 Å². The van der Waals surface area contributed by atoms with Gasteiger partial charge in [-0.3, -0.25) is 0 Å². The summed E-state index contributed by atoms with van der Waals surface area (Å²) in [5, 5.41) is 7.36. The maximum Gasteiger partial charge on any atom is 0.166 e. The average Bonchev–Trinajstić information content (AvgIpc) is 3.87. The zero-order valence-corrected chi connectivity index (χ0v) is 33.1. The van der Waals surface area contributed by atoms with E-state index in [-0.39, 0.29) is 0 Å². The van der Waals surface area contributed by atoms with E-state index in [1.165, 1.54) is 41.7 Å². The SMILES string of the molecule is c1ccc(-c2ccc(-c3nc(-c4ccccc4)nc(-c4cccc(-c5ccc6c(c5)sc5ccccc56)c4)n3)c(-n3c4ccccc4c4ccc5ccccc5c43)c2)cc1. The number of nitrogens with zero attached hydrogens (tertiary/aromatic N) is 4. The van der Waals surface area contributed by atoms with Gasteiger partial charge in [-0.25, -0.2) is 15.0 Å². The minimum Gasteiger partial charge on any atom is -0.308 e. The predicted octanol–water partition coefficient (Wildman–Crippen LogP) is 14.8. The van der Waals surface area contributed by atoms with E-state index in [0.717, 1.165) is 55.7 Å². The molecule has 0 bridgehead atoms. The Morgan fingerprint density at radius 3 is 1.77 bits per heavy atom. The van der Waals surface area contributed by atoms with Gasteiger partial charge in [-0.15, -0.1) is 11.3 Å². The summed E-state index contributed by atoms with van der Waals surface area (Å²) in [4.78, 5) is 15.9. The van der Waals surface area contributed by atoms with Gasteiger partial charge in [0.25, 0.3) is 0 Å². The topological polar surface area (TPSA) is 43.6 Å². The fourth-order valence-electron chi connectivity index (χ4n) is 8.78.